The number of likely N-dealkylation sites (N-methyl/N-ethyl adjacent to an activating group) is 1. The van der Waals surface area contributed by atoms with Crippen LogP contribution in [0.5, 0.6) is 0 Å². The van der Waals surface area contributed by atoms with Gasteiger partial charge in [-0.2, -0.15) is 5.26 Å². The van der Waals surface area contributed by atoms with E-state index in [4.69, 9.17) is 37.9 Å². The van der Waals surface area contributed by atoms with E-state index in [0.717, 1.165) is 0 Å². The van der Waals surface area contributed by atoms with E-state index in [0.29, 0.717) is 6.42 Å². The van der Waals surface area contributed by atoms with E-state index < -0.39 is 102 Å². The predicted molar refractivity (Wildman–Crippen MR) is 187 cm³/mol. The van der Waals surface area contributed by atoms with Gasteiger partial charge in [-0.15, -0.1) is 0 Å². The van der Waals surface area contributed by atoms with Crippen molar-refractivity contribution in [2.45, 2.75) is 161 Å². The number of fused-ring (bicyclic) bond motifs is 1. The predicted octanol–water partition coefficient (Wildman–Crippen LogP) is 3.42. The van der Waals surface area contributed by atoms with Crippen LogP contribution in [-0.4, -0.2) is 122 Å². The van der Waals surface area contributed by atoms with Gasteiger partial charge in [0, 0.05) is 32.3 Å². The first kappa shape index (κ1) is 43.9. The molecule has 0 aromatic heterocycles. The molecular weight excluding hydrogens is 694 g/mol. The second-order valence-corrected chi connectivity index (χ2v) is 15.3. The molecule has 1 amide bonds. The summed E-state index contributed by atoms with van der Waals surface area (Å²) in [5.41, 5.74) is -2.82. The fourth-order valence-corrected chi connectivity index (χ4v) is 7.91. The van der Waals surface area contributed by atoms with Crippen molar-refractivity contribution >= 4 is 30.0 Å². The van der Waals surface area contributed by atoms with Crippen LogP contribution in [0.2, 0.25) is 0 Å². The van der Waals surface area contributed by atoms with Crippen molar-refractivity contribution in [1.29, 1.82) is 5.26 Å². The molecule has 16 nitrogen and oxygen atoms in total. The molecule has 3 fully saturated rings. The lowest BCUT2D eigenvalue weighted by molar-refractivity contribution is -0.303. The largest absolute Gasteiger partial charge is 0.509 e. The Kier molecular flexibility index (Phi) is 15.1. The maximum atomic E-state index is 14.2. The van der Waals surface area contributed by atoms with Crippen LogP contribution < -0.4 is 5.32 Å². The number of hydrogen-bond donors (Lipinski definition) is 1. The van der Waals surface area contributed by atoms with Crippen LogP contribution in [-0.2, 0) is 57.1 Å². The number of cyclic esters (lactones) is 1. The van der Waals surface area contributed by atoms with Crippen molar-refractivity contribution < 1.29 is 61.9 Å². The van der Waals surface area contributed by atoms with Gasteiger partial charge in [0.15, 0.2) is 24.1 Å². The molecule has 3 heterocycles. The maximum Gasteiger partial charge on any atom is 0.509 e. The zero-order chi connectivity index (χ0) is 40.0. The summed E-state index contributed by atoms with van der Waals surface area (Å²) >= 11 is 0. The van der Waals surface area contributed by atoms with Crippen LogP contribution in [0.3, 0.4) is 0 Å². The van der Waals surface area contributed by atoms with Gasteiger partial charge in [0.25, 0.3) is 0 Å². The number of nitrogens with zero attached hydrogens (tertiary/aromatic N) is 2. The van der Waals surface area contributed by atoms with Crippen molar-refractivity contribution in [3.63, 3.8) is 0 Å². The summed E-state index contributed by atoms with van der Waals surface area (Å²) in [6.07, 6.45) is -7.26. The second-order valence-electron chi connectivity index (χ2n) is 15.3. The summed E-state index contributed by atoms with van der Waals surface area (Å²) in [5, 5.41) is 12.1. The Hall–Kier alpha value is -3.52. The number of carbonyl (C=O) groups is 5. The van der Waals surface area contributed by atoms with Crippen molar-refractivity contribution in [2.24, 2.45) is 17.8 Å². The van der Waals surface area contributed by atoms with E-state index in [-0.39, 0.29) is 37.8 Å². The van der Waals surface area contributed by atoms with Crippen LogP contribution in [0.4, 0.5) is 4.79 Å². The number of carbonyl (C=O) groups excluding carboxylic acids is 5. The van der Waals surface area contributed by atoms with Gasteiger partial charge in [-0.1, -0.05) is 20.8 Å². The van der Waals surface area contributed by atoms with E-state index in [9.17, 15) is 29.2 Å². The molecule has 0 radical (unpaired) electrons. The molecule has 16 heteroatoms. The molecule has 53 heavy (non-hydrogen) atoms. The summed E-state index contributed by atoms with van der Waals surface area (Å²) in [6, 6.07) is 0.857. The fourth-order valence-electron chi connectivity index (χ4n) is 7.91. The summed E-state index contributed by atoms with van der Waals surface area (Å²) in [5.74, 6) is -5.17. The zero-order valence-electron chi connectivity index (χ0n) is 33.2. The van der Waals surface area contributed by atoms with Crippen LogP contribution in [0, 0.1) is 29.1 Å². The minimum Gasteiger partial charge on any atom is -0.461 e. The average molecular weight is 754 g/mol. The highest BCUT2D eigenvalue weighted by Crippen LogP contribution is 2.41. The minimum atomic E-state index is -1.49. The second kappa shape index (κ2) is 18.2. The first-order valence-electron chi connectivity index (χ1n) is 18.4. The average Bonchev–Trinajstić information content (AvgIpc) is 3.40. The number of nitriles is 1. The molecule has 0 spiro atoms. The third kappa shape index (κ3) is 10.2. The third-order valence-corrected chi connectivity index (χ3v) is 10.8. The molecule has 3 rings (SSSR count). The van der Waals surface area contributed by atoms with E-state index in [2.05, 4.69) is 5.32 Å². The Labute approximate surface area is 312 Å². The Morgan fingerprint density at radius 2 is 1.70 bits per heavy atom. The Balaban J connectivity index is 2.23. The molecule has 3 aliphatic rings. The minimum absolute atomic E-state index is 0.0540. The summed E-state index contributed by atoms with van der Waals surface area (Å²) in [7, 11) is 5.18. The van der Waals surface area contributed by atoms with E-state index >= 15 is 0 Å². The smallest absolute Gasteiger partial charge is 0.461 e. The molecule has 14 atom stereocenters. The highest BCUT2D eigenvalue weighted by atomic mass is 16.8. The highest BCUT2D eigenvalue weighted by molar-refractivity contribution is 5.79. The molecule has 0 saturated carbocycles. The molecule has 3 aliphatic heterocycles. The SMILES string of the molecule is CC[C@H]1OC(=O)[C@H](C)[C@@H](OC(=O)CCC#N)[C@H](C)[C@@H](O[C@@H]2O[C@H](C)C[C@H](N(C)C)[C@@H]2OC(C)=O)[C@](C)(OC)C[C@@H](C)C(=O)N[C@H](C)[C@H]2OC(=O)O[C@@]21C. The van der Waals surface area contributed by atoms with Crippen LogP contribution in [0.15, 0.2) is 0 Å². The number of ether oxygens (including phenoxy) is 8. The van der Waals surface area contributed by atoms with E-state index in [1.165, 1.54) is 14.0 Å². The van der Waals surface area contributed by atoms with Crippen LogP contribution >= 0.6 is 0 Å². The monoisotopic (exact) mass is 753 g/mol. The van der Waals surface area contributed by atoms with Gasteiger partial charge < -0.3 is 48.1 Å². The van der Waals surface area contributed by atoms with Crippen molar-refractivity contribution in [3.05, 3.63) is 0 Å². The van der Waals surface area contributed by atoms with Crippen LogP contribution in [0.1, 0.15) is 94.4 Å². The van der Waals surface area contributed by atoms with Crippen LogP contribution in [0.25, 0.3) is 0 Å². The van der Waals surface area contributed by atoms with Gasteiger partial charge in [-0.3, -0.25) is 19.2 Å². The number of esters is 3. The normalized spacial score (nSPS) is 39.9. The lowest BCUT2D eigenvalue weighted by Gasteiger charge is -2.48. The molecule has 0 aromatic carbocycles. The first-order chi connectivity index (χ1) is 24.7. The molecule has 3 saturated heterocycles. The van der Waals surface area contributed by atoms with Crippen molar-refractivity contribution in [1.82, 2.24) is 10.2 Å². The van der Waals surface area contributed by atoms with Gasteiger partial charge in [-0.25, -0.2) is 4.79 Å². The molecule has 300 valence electrons. The summed E-state index contributed by atoms with van der Waals surface area (Å²) in [4.78, 5) is 68.1. The highest BCUT2D eigenvalue weighted by Gasteiger charge is 2.58. The van der Waals surface area contributed by atoms with Crippen molar-refractivity contribution in [2.75, 3.05) is 21.2 Å². The molecule has 1 N–H and O–H groups in total. The van der Waals surface area contributed by atoms with Gasteiger partial charge in [0.2, 0.25) is 5.91 Å². The lowest BCUT2D eigenvalue weighted by atomic mass is 9.77. The van der Waals surface area contributed by atoms with E-state index in [1.807, 2.05) is 32.0 Å². The number of nitrogens with one attached hydrogen (secondary N) is 1. The van der Waals surface area contributed by atoms with Gasteiger partial charge >= 0.3 is 24.1 Å². The Morgan fingerprint density at radius 3 is 2.26 bits per heavy atom. The van der Waals surface area contributed by atoms with Gasteiger partial charge in [0.1, 0.15) is 12.2 Å². The summed E-state index contributed by atoms with van der Waals surface area (Å²) in [6.45, 7) is 14.9. The number of rotatable bonds is 9. The fraction of sp³-hybridized carbons (Fsp3) is 0.838. The first-order valence-corrected chi connectivity index (χ1v) is 18.4. The number of amides is 1. The van der Waals surface area contributed by atoms with E-state index in [1.54, 1.807) is 48.5 Å². The quantitative estimate of drug-likeness (QED) is 0.265. The summed E-state index contributed by atoms with van der Waals surface area (Å²) < 4.78 is 48.4. The molecular formula is C37H59N3O13. The Morgan fingerprint density at radius 1 is 1.04 bits per heavy atom. The standard InChI is InChI=1S/C37H59N3O13/c1-13-26-37(9)31(52-35(45)53-37)23(6)39-32(43)19(2)18-36(8,46-12)30(21(4)28(22(5)33(44)49-26)50-27(42)15-14-16-38)51-34-29(48-24(7)41)25(40(10)11)17-20(3)47-34/h19-23,25-26,28-31,34H,13-15,17-18H2,1-12H3,(H,39,43)/t19-,20-,21+,22-,23-,25+,26-,28+,29+,30-,31-,34+,36-,37-/m1/s1. The van der Waals surface area contributed by atoms with Gasteiger partial charge in [-0.05, 0) is 68.0 Å². The maximum absolute atomic E-state index is 14.2. The third-order valence-electron chi connectivity index (χ3n) is 10.8. The Bertz CT molecular complexity index is 1370. The zero-order valence-corrected chi connectivity index (χ0v) is 33.2. The molecule has 0 unspecified atom stereocenters. The van der Waals surface area contributed by atoms with Gasteiger partial charge in [0.05, 0.1) is 48.3 Å². The lowest BCUT2D eigenvalue weighted by Crippen LogP contribution is -2.60. The molecule has 0 aliphatic carbocycles. The number of methoxy groups -OCH3 is 1. The topological polar surface area (TPSA) is 198 Å². The number of hydrogen-bond acceptors (Lipinski definition) is 15. The van der Waals surface area contributed by atoms with Crippen molar-refractivity contribution in [3.8, 4) is 6.07 Å². The molecule has 0 aromatic rings. The molecule has 0 bridgehead atoms.